The number of carbonyl (C=O) groups is 6. The van der Waals surface area contributed by atoms with Crippen LogP contribution in [-0.2, 0) is 41.6 Å². The molecule has 270 valence electrons. The summed E-state index contributed by atoms with van der Waals surface area (Å²) < 4.78 is 5.44. The molecule has 50 heavy (non-hydrogen) atoms. The maximum atomic E-state index is 14.2. The van der Waals surface area contributed by atoms with Gasteiger partial charge in [-0.2, -0.15) is 0 Å². The second-order valence-corrected chi connectivity index (χ2v) is 13.7. The number of likely N-dealkylation sites (tertiary alicyclic amines) is 2. The second kappa shape index (κ2) is 17.0. The SMILES string of the molecule is CC(C)(C)OC(=O)N[C@H](CC(=O)N[C@@H](Cc1ccc(O)cc1)C(=O)N1CCC[C@H]1C(=O)N1CCC[C@H]1C(=O)NCC(=O)O)Cc1ccccc1. The van der Waals surface area contributed by atoms with E-state index in [9.17, 15) is 33.9 Å². The number of phenols is 1. The van der Waals surface area contributed by atoms with Crippen LogP contribution in [0.15, 0.2) is 54.6 Å². The quantitative estimate of drug-likeness (QED) is 0.209. The number of phenolic OH excluding ortho intramolecular Hbond substituents is 1. The molecule has 2 aliphatic rings. The number of nitrogens with zero attached hydrogens (tertiary/aromatic N) is 2. The summed E-state index contributed by atoms with van der Waals surface area (Å²) in [4.78, 5) is 81.1. The van der Waals surface area contributed by atoms with Crippen molar-refractivity contribution in [3.05, 3.63) is 65.7 Å². The summed E-state index contributed by atoms with van der Waals surface area (Å²) in [6.07, 6.45) is 1.36. The summed E-state index contributed by atoms with van der Waals surface area (Å²) in [6.45, 7) is 5.20. The zero-order chi connectivity index (χ0) is 36.4. The van der Waals surface area contributed by atoms with Gasteiger partial charge in [-0.15, -0.1) is 0 Å². The van der Waals surface area contributed by atoms with E-state index in [1.165, 1.54) is 21.9 Å². The lowest BCUT2D eigenvalue weighted by Gasteiger charge is -2.33. The number of ether oxygens (including phenoxy) is 1. The highest BCUT2D eigenvalue weighted by Gasteiger charge is 2.43. The van der Waals surface area contributed by atoms with Crippen LogP contribution in [0.3, 0.4) is 0 Å². The van der Waals surface area contributed by atoms with Gasteiger partial charge in [-0.1, -0.05) is 42.5 Å². The minimum Gasteiger partial charge on any atom is -0.508 e. The molecule has 0 aliphatic carbocycles. The number of hydrogen-bond donors (Lipinski definition) is 5. The molecular formula is C36H47N5O9. The molecule has 4 atom stereocenters. The van der Waals surface area contributed by atoms with Crippen molar-refractivity contribution < 1.29 is 43.7 Å². The van der Waals surface area contributed by atoms with Crippen molar-refractivity contribution in [2.75, 3.05) is 19.6 Å². The van der Waals surface area contributed by atoms with Crippen molar-refractivity contribution >= 4 is 35.7 Å². The molecule has 4 rings (SSSR count). The van der Waals surface area contributed by atoms with Gasteiger partial charge in [0.15, 0.2) is 0 Å². The third-order valence-electron chi connectivity index (χ3n) is 8.56. The van der Waals surface area contributed by atoms with Crippen LogP contribution in [0.1, 0.15) is 64.0 Å². The van der Waals surface area contributed by atoms with E-state index in [0.29, 0.717) is 44.2 Å². The van der Waals surface area contributed by atoms with Gasteiger partial charge in [0.25, 0.3) is 0 Å². The number of carboxylic acid groups (broad SMARTS) is 1. The number of aliphatic carboxylic acids is 1. The zero-order valence-corrected chi connectivity index (χ0v) is 28.7. The molecule has 0 saturated carbocycles. The van der Waals surface area contributed by atoms with E-state index in [0.717, 1.165) is 5.56 Å². The van der Waals surface area contributed by atoms with Crippen LogP contribution in [0.2, 0.25) is 0 Å². The summed E-state index contributed by atoms with van der Waals surface area (Å²) in [5.74, 6) is -3.10. The van der Waals surface area contributed by atoms with E-state index in [4.69, 9.17) is 9.84 Å². The molecule has 2 aliphatic heterocycles. The molecule has 0 aromatic heterocycles. The number of benzene rings is 2. The number of carbonyl (C=O) groups excluding carboxylic acids is 5. The molecule has 0 unspecified atom stereocenters. The van der Waals surface area contributed by atoms with E-state index in [-0.39, 0.29) is 25.1 Å². The van der Waals surface area contributed by atoms with Crippen LogP contribution in [-0.4, -0.2) is 105 Å². The molecule has 0 radical (unpaired) electrons. The van der Waals surface area contributed by atoms with Gasteiger partial charge in [0.2, 0.25) is 23.6 Å². The minimum absolute atomic E-state index is 0.0374. The molecule has 0 spiro atoms. The Bertz CT molecular complexity index is 1530. The molecule has 2 fully saturated rings. The largest absolute Gasteiger partial charge is 0.508 e. The Labute approximate surface area is 291 Å². The van der Waals surface area contributed by atoms with Crippen LogP contribution < -0.4 is 16.0 Å². The van der Waals surface area contributed by atoms with Gasteiger partial charge in [-0.3, -0.25) is 24.0 Å². The third kappa shape index (κ3) is 10.9. The Kier molecular flexibility index (Phi) is 12.8. The highest BCUT2D eigenvalue weighted by molar-refractivity contribution is 5.95. The van der Waals surface area contributed by atoms with Gasteiger partial charge in [0.05, 0.1) is 0 Å². The molecule has 2 aromatic rings. The first-order valence-corrected chi connectivity index (χ1v) is 16.9. The maximum absolute atomic E-state index is 14.2. The van der Waals surface area contributed by atoms with Crippen LogP contribution in [0.5, 0.6) is 5.75 Å². The lowest BCUT2D eigenvalue weighted by atomic mass is 10.0. The van der Waals surface area contributed by atoms with Crippen molar-refractivity contribution in [3.63, 3.8) is 0 Å². The van der Waals surface area contributed by atoms with Crippen molar-refractivity contribution in [2.45, 2.75) is 95.5 Å². The molecule has 2 heterocycles. The third-order valence-corrected chi connectivity index (χ3v) is 8.56. The standard InChI is InChI=1S/C36H47N5O9/c1-36(2,3)50-35(49)38-25(19-23-9-5-4-6-10-23)21-30(43)39-27(20-24-13-15-26(42)16-14-24)33(47)41-18-8-12-29(41)34(48)40-17-7-11-28(40)32(46)37-22-31(44)45/h4-6,9-10,13-16,25,27-29,42H,7-8,11-12,17-22H2,1-3H3,(H,37,46)(H,38,49)(H,39,43)(H,44,45)/t25-,27-,28-,29-/m0/s1. The number of nitrogens with one attached hydrogen (secondary N) is 3. The predicted molar refractivity (Wildman–Crippen MR) is 182 cm³/mol. The Morgan fingerprint density at radius 2 is 1.46 bits per heavy atom. The Morgan fingerprint density at radius 3 is 2.10 bits per heavy atom. The summed E-state index contributed by atoms with van der Waals surface area (Å²) >= 11 is 0. The number of aromatic hydroxyl groups is 1. The number of hydrogen-bond acceptors (Lipinski definition) is 8. The molecule has 2 saturated heterocycles. The Balaban J connectivity index is 1.52. The normalized spacial score (nSPS) is 18.5. The van der Waals surface area contributed by atoms with Crippen LogP contribution in [0.25, 0.3) is 0 Å². The zero-order valence-electron chi connectivity index (χ0n) is 28.7. The monoisotopic (exact) mass is 693 g/mol. The lowest BCUT2D eigenvalue weighted by Crippen LogP contribution is -2.57. The van der Waals surface area contributed by atoms with Crippen LogP contribution in [0.4, 0.5) is 4.79 Å². The van der Waals surface area contributed by atoms with Crippen LogP contribution >= 0.6 is 0 Å². The highest BCUT2D eigenvalue weighted by Crippen LogP contribution is 2.26. The molecule has 2 aromatic carbocycles. The van der Waals surface area contributed by atoms with Gasteiger partial charge >= 0.3 is 12.1 Å². The fraction of sp³-hybridized carbons (Fsp3) is 0.500. The van der Waals surface area contributed by atoms with Gasteiger partial charge in [-0.05, 0) is 76.1 Å². The van der Waals surface area contributed by atoms with Gasteiger partial charge in [-0.25, -0.2) is 4.79 Å². The van der Waals surface area contributed by atoms with E-state index in [2.05, 4.69) is 16.0 Å². The topological polar surface area (TPSA) is 195 Å². The number of alkyl carbamates (subject to hydrolysis) is 1. The fourth-order valence-electron chi connectivity index (χ4n) is 6.35. The van der Waals surface area contributed by atoms with E-state index in [1.54, 1.807) is 32.9 Å². The smallest absolute Gasteiger partial charge is 0.407 e. The summed E-state index contributed by atoms with van der Waals surface area (Å²) in [5, 5.41) is 26.8. The number of carboxylic acids is 1. The molecule has 14 heteroatoms. The lowest BCUT2D eigenvalue weighted by molar-refractivity contribution is -0.148. The van der Waals surface area contributed by atoms with Crippen molar-refractivity contribution in [2.24, 2.45) is 0 Å². The van der Waals surface area contributed by atoms with Crippen LogP contribution in [0, 0.1) is 0 Å². The average molecular weight is 694 g/mol. The molecule has 5 N–H and O–H groups in total. The summed E-state index contributed by atoms with van der Waals surface area (Å²) in [7, 11) is 0. The van der Waals surface area contributed by atoms with E-state index < -0.39 is 72.0 Å². The maximum Gasteiger partial charge on any atom is 0.407 e. The molecule has 14 nitrogen and oxygen atoms in total. The van der Waals surface area contributed by atoms with Crippen molar-refractivity contribution in [1.82, 2.24) is 25.8 Å². The fourth-order valence-corrected chi connectivity index (χ4v) is 6.35. The Hall–Kier alpha value is -5.14. The van der Waals surface area contributed by atoms with Gasteiger partial charge < -0.3 is 40.7 Å². The number of amides is 5. The first-order chi connectivity index (χ1) is 23.7. The first kappa shape index (κ1) is 37.7. The Morgan fingerprint density at radius 1 is 0.840 bits per heavy atom. The van der Waals surface area contributed by atoms with Gasteiger partial charge in [0, 0.05) is 32.0 Å². The highest BCUT2D eigenvalue weighted by atomic mass is 16.6. The second-order valence-electron chi connectivity index (χ2n) is 13.7. The van der Waals surface area contributed by atoms with Gasteiger partial charge in [0.1, 0.15) is 36.0 Å². The predicted octanol–water partition coefficient (Wildman–Crippen LogP) is 2.13. The molecular weight excluding hydrogens is 646 g/mol. The summed E-state index contributed by atoms with van der Waals surface area (Å²) in [5.41, 5.74) is 0.783. The first-order valence-electron chi connectivity index (χ1n) is 16.9. The van der Waals surface area contributed by atoms with E-state index in [1.807, 2.05) is 30.3 Å². The van der Waals surface area contributed by atoms with E-state index >= 15 is 0 Å². The van der Waals surface area contributed by atoms with Crippen molar-refractivity contribution in [1.29, 1.82) is 0 Å². The summed E-state index contributed by atoms with van der Waals surface area (Å²) in [6, 6.07) is 12.1. The molecule has 0 bridgehead atoms. The number of rotatable bonds is 13. The average Bonchev–Trinajstić information content (AvgIpc) is 3.74. The molecule has 5 amide bonds. The van der Waals surface area contributed by atoms with Crippen molar-refractivity contribution in [3.8, 4) is 5.75 Å². The minimum atomic E-state index is -1.20.